The molecule has 1 aliphatic heterocycles. The fourth-order valence-corrected chi connectivity index (χ4v) is 0.809. The zero-order valence-electron chi connectivity index (χ0n) is 3.27. The lowest BCUT2D eigenvalue weighted by Crippen LogP contribution is -1.92. The highest BCUT2D eigenvalue weighted by molar-refractivity contribution is 8.02. The molecule has 0 aromatic heterocycles. The van der Waals surface area contributed by atoms with Crippen LogP contribution in [-0.4, -0.2) is 14.4 Å². The summed E-state index contributed by atoms with van der Waals surface area (Å²) in [5, 5.41) is 0. The quantitative estimate of drug-likeness (QED) is 0.343. The Bertz CT molecular complexity index is 80.9. The molecular formula is C3H4BNS. The molecule has 1 nitrogen and oxygen atoms in total. The molecule has 0 amide bonds. The third-order valence-electron chi connectivity index (χ3n) is 0.577. The Balaban J connectivity index is 2.45. The second-order valence-corrected chi connectivity index (χ2v) is 2.02. The van der Waals surface area contributed by atoms with Crippen LogP contribution in [0.5, 0.6) is 0 Å². The van der Waals surface area contributed by atoms with Crippen LogP contribution in [0.4, 0.5) is 0 Å². The van der Waals surface area contributed by atoms with E-state index in [0.717, 1.165) is 11.3 Å². The van der Waals surface area contributed by atoms with Gasteiger partial charge in [-0.05, 0) is 0 Å². The van der Waals surface area contributed by atoms with Crippen molar-refractivity contribution in [2.45, 2.75) is 0 Å². The van der Waals surface area contributed by atoms with Gasteiger partial charge in [0.25, 0.3) is 0 Å². The summed E-state index contributed by atoms with van der Waals surface area (Å²) in [6.45, 7) is 0.913. The second-order valence-electron chi connectivity index (χ2n) is 1.06. The van der Waals surface area contributed by atoms with E-state index in [1.54, 1.807) is 0 Å². The van der Waals surface area contributed by atoms with Gasteiger partial charge >= 0.3 is 0 Å². The van der Waals surface area contributed by atoms with Crippen LogP contribution in [-0.2, 0) is 0 Å². The number of hydrogen-bond acceptors (Lipinski definition) is 2. The number of hydrogen-bond donors (Lipinski definition) is 1. The normalized spacial score (nSPS) is 21.0. The molecule has 0 aromatic rings. The summed E-state index contributed by atoms with van der Waals surface area (Å²) in [7, 11) is 5.30. The molecule has 30 valence electrons. The van der Waals surface area contributed by atoms with Crippen molar-refractivity contribution in [3.63, 3.8) is 0 Å². The number of nitrogens with one attached hydrogen (secondary N) is 1. The van der Waals surface area contributed by atoms with Crippen molar-refractivity contribution >= 4 is 19.8 Å². The Morgan fingerprint density at radius 1 is 2.00 bits per heavy atom. The summed E-state index contributed by atoms with van der Waals surface area (Å²) in [6.07, 6.45) is 1.95. The maximum atomic E-state index is 5.30. The van der Waals surface area contributed by atoms with Crippen molar-refractivity contribution in [3.05, 3.63) is 10.9 Å². The van der Waals surface area contributed by atoms with E-state index in [-0.39, 0.29) is 0 Å². The first kappa shape index (κ1) is 4.28. The molecule has 1 heterocycles. The molecule has 1 rings (SSSR count). The van der Waals surface area contributed by atoms with Crippen LogP contribution in [0.25, 0.3) is 0 Å². The minimum Gasteiger partial charge on any atom is -0.257 e. The van der Waals surface area contributed by atoms with Gasteiger partial charge in [-0.2, -0.15) is 0 Å². The molecule has 0 bridgehead atoms. The average molecular weight is 97.0 g/mol. The minimum atomic E-state index is 0.884. The molecule has 1 aliphatic rings. The lowest BCUT2D eigenvalue weighted by atomic mass is 10.1. The largest absolute Gasteiger partial charge is 0.257 e. The Labute approximate surface area is 42.7 Å². The van der Waals surface area contributed by atoms with E-state index in [1.165, 1.54) is 11.9 Å². The molecule has 3 heteroatoms. The first-order valence-corrected chi connectivity index (χ1v) is 2.56. The molecular weight excluding hydrogens is 92.9 g/mol. The molecule has 0 saturated carbocycles. The lowest BCUT2D eigenvalue weighted by molar-refractivity contribution is 1.16. The number of rotatable bonds is 0. The fraction of sp³-hybridized carbons (Fsp3) is 0.333. The Morgan fingerprint density at radius 2 is 2.83 bits per heavy atom. The molecule has 0 aromatic carbocycles. The predicted molar refractivity (Wildman–Crippen MR) is 29.4 cm³/mol. The van der Waals surface area contributed by atoms with E-state index in [1.807, 2.05) is 6.08 Å². The summed E-state index contributed by atoms with van der Waals surface area (Å²) in [6, 6.07) is 0. The highest BCUT2D eigenvalue weighted by atomic mass is 32.2. The molecule has 0 saturated heterocycles. The van der Waals surface area contributed by atoms with Gasteiger partial charge in [0.05, 0.1) is 0 Å². The van der Waals surface area contributed by atoms with Crippen LogP contribution < -0.4 is 4.72 Å². The Morgan fingerprint density at radius 3 is 3.00 bits per heavy atom. The Kier molecular flexibility index (Phi) is 1.22. The maximum absolute atomic E-state index is 5.30. The summed E-state index contributed by atoms with van der Waals surface area (Å²) in [5.41, 5.74) is 0. The smallest absolute Gasteiger partial charge is 0.124 e. The monoisotopic (exact) mass is 97.0 g/mol. The first-order valence-electron chi connectivity index (χ1n) is 1.75. The molecule has 6 heavy (non-hydrogen) atoms. The summed E-state index contributed by atoms with van der Waals surface area (Å²) >= 11 is 1.49. The minimum absolute atomic E-state index is 0.884. The van der Waals surface area contributed by atoms with E-state index in [4.69, 9.17) is 7.85 Å². The fourth-order valence-electron chi connectivity index (χ4n) is 0.309. The second kappa shape index (κ2) is 1.71. The summed E-state index contributed by atoms with van der Waals surface area (Å²) < 4.78 is 2.97. The van der Waals surface area contributed by atoms with E-state index in [9.17, 15) is 0 Å². The lowest BCUT2D eigenvalue weighted by Gasteiger charge is -1.83. The van der Waals surface area contributed by atoms with Gasteiger partial charge in [-0.15, -0.1) is 0 Å². The van der Waals surface area contributed by atoms with Gasteiger partial charge in [0.15, 0.2) is 0 Å². The zero-order valence-corrected chi connectivity index (χ0v) is 4.09. The van der Waals surface area contributed by atoms with E-state index < -0.39 is 0 Å². The van der Waals surface area contributed by atoms with Crippen molar-refractivity contribution in [2.75, 3.05) is 6.54 Å². The van der Waals surface area contributed by atoms with Gasteiger partial charge in [0.1, 0.15) is 7.85 Å². The molecule has 0 fully saturated rings. The van der Waals surface area contributed by atoms with Crippen molar-refractivity contribution in [1.29, 1.82) is 0 Å². The van der Waals surface area contributed by atoms with Gasteiger partial charge in [0.2, 0.25) is 0 Å². The molecule has 2 radical (unpaired) electrons. The van der Waals surface area contributed by atoms with Crippen LogP contribution in [0.1, 0.15) is 0 Å². The van der Waals surface area contributed by atoms with Gasteiger partial charge < -0.3 is 0 Å². The maximum Gasteiger partial charge on any atom is 0.124 e. The molecule has 0 aliphatic carbocycles. The van der Waals surface area contributed by atoms with Gasteiger partial charge in [-0.3, -0.25) is 4.72 Å². The third kappa shape index (κ3) is 0.789. The van der Waals surface area contributed by atoms with Gasteiger partial charge in [-0.1, -0.05) is 22.8 Å². The van der Waals surface area contributed by atoms with Gasteiger partial charge in [0, 0.05) is 6.54 Å². The van der Waals surface area contributed by atoms with Crippen LogP contribution in [0.3, 0.4) is 0 Å². The predicted octanol–water partition coefficient (Wildman–Crippen LogP) is 0.248. The van der Waals surface area contributed by atoms with Crippen LogP contribution in [0.2, 0.25) is 0 Å². The van der Waals surface area contributed by atoms with Crippen LogP contribution in [0.15, 0.2) is 10.9 Å². The Hall–Kier alpha value is 0.115. The topological polar surface area (TPSA) is 12.0 Å². The molecule has 0 unspecified atom stereocenters. The summed E-state index contributed by atoms with van der Waals surface area (Å²) in [5.74, 6) is 0. The summed E-state index contributed by atoms with van der Waals surface area (Å²) in [4.78, 5) is 0.884. The molecule has 0 atom stereocenters. The highest BCUT2D eigenvalue weighted by Gasteiger charge is 1.93. The first-order chi connectivity index (χ1) is 2.89. The van der Waals surface area contributed by atoms with E-state index >= 15 is 0 Å². The van der Waals surface area contributed by atoms with E-state index in [0.29, 0.717) is 0 Å². The van der Waals surface area contributed by atoms with Crippen molar-refractivity contribution in [3.8, 4) is 0 Å². The zero-order chi connectivity index (χ0) is 4.41. The SMILES string of the molecule is [B]C1=CCNS1. The highest BCUT2D eigenvalue weighted by Crippen LogP contribution is 2.10. The van der Waals surface area contributed by atoms with Gasteiger partial charge in [-0.25, -0.2) is 0 Å². The molecule has 1 N–H and O–H groups in total. The standard InChI is InChI=1S/C3H4BNS/c4-3-1-2-5-6-3/h1,5H,2H2. The van der Waals surface area contributed by atoms with Crippen LogP contribution >= 0.6 is 11.9 Å². The average Bonchev–Trinajstić information content (AvgIpc) is 1.86. The van der Waals surface area contributed by atoms with Crippen molar-refractivity contribution < 1.29 is 0 Å². The van der Waals surface area contributed by atoms with Crippen LogP contribution in [0, 0.1) is 0 Å². The van der Waals surface area contributed by atoms with Crippen molar-refractivity contribution in [2.24, 2.45) is 0 Å². The molecule has 0 spiro atoms. The van der Waals surface area contributed by atoms with E-state index in [2.05, 4.69) is 4.72 Å². The van der Waals surface area contributed by atoms with Crippen molar-refractivity contribution in [1.82, 2.24) is 4.72 Å². The third-order valence-corrected chi connectivity index (χ3v) is 1.29.